The van der Waals surface area contributed by atoms with E-state index in [0.29, 0.717) is 23.1 Å². The van der Waals surface area contributed by atoms with Gasteiger partial charge in [-0.3, -0.25) is 4.68 Å². The molecule has 1 aliphatic rings. The van der Waals surface area contributed by atoms with Gasteiger partial charge in [0.2, 0.25) is 0 Å². The van der Waals surface area contributed by atoms with Crippen LogP contribution in [0.1, 0.15) is 66.0 Å². The molecule has 1 amide bonds. The molecule has 3 aromatic rings. The number of piperidine rings is 1. The fraction of sp³-hybridized carbons (Fsp3) is 0.577. The van der Waals surface area contributed by atoms with Crippen LogP contribution in [0.3, 0.4) is 0 Å². The molecule has 0 radical (unpaired) electrons. The Morgan fingerprint density at radius 3 is 2.39 bits per heavy atom. The number of benzene rings is 1. The van der Waals surface area contributed by atoms with Crippen LogP contribution >= 0.6 is 27.7 Å². The number of fused-ring (bicyclic) bond motifs is 3. The van der Waals surface area contributed by atoms with Gasteiger partial charge in [0.25, 0.3) is 0 Å². The molecular formula is C26H38BrFN4O3S. The molecule has 0 spiro atoms. The number of thioether (sulfide) groups is 1. The molecule has 1 fully saturated rings. The minimum atomic E-state index is -0.511. The number of aromatic nitrogens is 3. The van der Waals surface area contributed by atoms with Crippen molar-refractivity contribution >= 4 is 55.6 Å². The lowest BCUT2D eigenvalue weighted by Gasteiger charge is -2.33. The summed E-state index contributed by atoms with van der Waals surface area (Å²) in [5, 5.41) is 14.7. The number of rotatable bonds is 2. The second-order valence-electron chi connectivity index (χ2n) is 9.20. The lowest BCUT2D eigenvalue weighted by atomic mass is 10.0. The molecule has 1 N–H and O–H groups in total. The van der Waals surface area contributed by atoms with E-state index in [2.05, 4.69) is 26.0 Å². The largest absolute Gasteiger partial charge is 0.444 e. The summed E-state index contributed by atoms with van der Waals surface area (Å²) in [6.07, 6.45) is 4.99. The van der Waals surface area contributed by atoms with Crippen molar-refractivity contribution in [3.63, 3.8) is 0 Å². The average molecular weight is 586 g/mol. The van der Waals surface area contributed by atoms with Crippen LogP contribution < -0.4 is 0 Å². The predicted octanol–water partition coefficient (Wildman–Crippen LogP) is 7.11. The summed E-state index contributed by atoms with van der Waals surface area (Å²) in [5.74, 6) is -0.348. The molecule has 0 atom stereocenters. The van der Waals surface area contributed by atoms with Gasteiger partial charge in [0.1, 0.15) is 16.1 Å². The Morgan fingerprint density at radius 2 is 1.86 bits per heavy atom. The zero-order valence-electron chi connectivity index (χ0n) is 22.5. The van der Waals surface area contributed by atoms with E-state index < -0.39 is 5.60 Å². The Balaban J connectivity index is 0.000000850. The van der Waals surface area contributed by atoms with Crippen LogP contribution in [-0.4, -0.2) is 62.4 Å². The summed E-state index contributed by atoms with van der Waals surface area (Å²) in [6.45, 7) is 14.6. The van der Waals surface area contributed by atoms with Crippen molar-refractivity contribution < 1.29 is 19.0 Å². The molecule has 36 heavy (non-hydrogen) atoms. The normalized spacial score (nSPS) is 14.2. The number of aliphatic hydroxyl groups is 1. The summed E-state index contributed by atoms with van der Waals surface area (Å²) in [7, 11) is 0. The molecule has 200 valence electrons. The molecule has 2 aromatic heterocycles. The van der Waals surface area contributed by atoms with Gasteiger partial charge in [-0.2, -0.15) is 5.10 Å². The third kappa shape index (κ3) is 6.69. The first-order valence-electron chi connectivity index (χ1n) is 12.3. The van der Waals surface area contributed by atoms with Crippen molar-refractivity contribution in [1.29, 1.82) is 0 Å². The van der Waals surface area contributed by atoms with Crippen LogP contribution in [0.5, 0.6) is 0 Å². The van der Waals surface area contributed by atoms with Gasteiger partial charge >= 0.3 is 6.09 Å². The minimum Gasteiger partial charge on any atom is -0.444 e. The average Bonchev–Trinajstić information content (AvgIpc) is 3.29. The van der Waals surface area contributed by atoms with Crippen molar-refractivity contribution in [2.45, 2.75) is 78.0 Å². The number of amides is 1. The first kappa shape index (κ1) is 30.3. The van der Waals surface area contributed by atoms with Crippen molar-refractivity contribution in [2.75, 3.05) is 26.0 Å². The van der Waals surface area contributed by atoms with Crippen LogP contribution in [0.2, 0.25) is 0 Å². The van der Waals surface area contributed by atoms with Crippen LogP contribution in [0.15, 0.2) is 21.8 Å². The molecule has 1 aliphatic heterocycles. The van der Waals surface area contributed by atoms with Gasteiger partial charge in [-0.25, -0.2) is 14.2 Å². The Kier molecular flexibility index (Phi) is 11.0. The fourth-order valence-corrected chi connectivity index (χ4v) is 4.89. The van der Waals surface area contributed by atoms with Gasteiger partial charge < -0.3 is 14.7 Å². The molecule has 0 saturated carbocycles. The zero-order chi connectivity index (χ0) is 27.2. The molecule has 3 heterocycles. The third-order valence-corrected chi connectivity index (χ3v) is 7.18. The van der Waals surface area contributed by atoms with Crippen molar-refractivity contribution in [3.8, 4) is 0 Å². The van der Waals surface area contributed by atoms with E-state index in [1.54, 1.807) is 11.8 Å². The highest BCUT2D eigenvalue weighted by Gasteiger charge is 2.29. The highest BCUT2D eigenvalue weighted by atomic mass is 79.9. The number of aryl methyl sites for hydroxylation is 1. The van der Waals surface area contributed by atoms with E-state index >= 15 is 4.39 Å². The quantitative estimate of drug-likeness (QED) is 0.323. The van der Waals surface area contributed by atoms with E-state index in [1.165, 1.54) is 11.8 Å². The maximum absolute atomic E-state index is 15.1. The number of halogens is 2. The highest BCUT2D eigenvalue weighted by molar-refractivity contribution is 9.10. The van der Waals surface area contributed by atoms with Crippen LogP contribution in [0, 0.1) is 12.7 Å². The maximum atomic E-state index is 15.1. The Labute approximate surface area is 225 Å². The molecule has 0 bridgehead atoms. The summed E-state index contributed by atoms with van der Waals surface area (Å²) < 4.78 is 23.0. The van der Waals surface area contributed by atoms with E-state index in [-0.39, 0.29) is 24.6 Å². The lowest BCUT2D eigenvalue weighted by Crippen LogP contribution is -2.42. The number of carbonyl (C=O) groups is 1. The van der Waals surface area contributed by atoms with E-state index in [0.717, 1.165) is 39.7 Å². The molecular weight excluding hydrogens is 547 g/mol. The zero-order valence-corrected chi connectivity index (χ0v) is 24.9. The number of likely N-dealkylation sites (tertiary alicyclic amines) is 1. The monoisotopic (exact) mass is 584 g/mol. The van der Waals surface area contributed by atoms with Gasteiger partial charge in [-0.05, 0) is 81.3 Å². The molecule has 1 aromatic carbocycles. The van der Waals surface area contributed by atoms with Gasteiger partial charge in [-0.1, -0.05) is 13.8 Å². The minimum absolute atomic E-state index is 0.114. The molecule has 10 heteroatoms. The van der Waals surface area contributed by atoms with Gasteiger partial charge in [0.15, 0.2) is 5.82 Å². The number of aliphatic hydroxyl groups excluding tert-OH is 1. The Bertz CT molecular complexity index is 1190. The van der Waals surface area contributed by atoms with E-state index in [4.69, 9.17) is 9.84 Å². The molecule has 4 rings (SSSR count). The van der Waals surface area contributed by atoms with Crippen LogP contribution in [0.25, 0.3) is 21.8 Å². The smallest absolute Gasteiger partial charge is 0.410 e. The van der Waals surface area contributed by atoms with Crippen molar-refractivity contribution in [3.05, 3.63) is 28.1 Å². The Hall–Kier alpha value is -1.91. The number of nitrogens with zero attached hydrogens (tertiary/aromatic N) is 4. The Morgan fingerprint density at radius 1 is 1.28 bits per heavy atom. The first-order chi connectivity index (χ1) is 17.0. The van der Waals surface area contributed by atoms with Gasteiger partial charge in [0.05, 0.1) is 27.6 Å². The maximum Gasteiger partial charge on any atom is 0.410 e. The highest BCUT2D eigenvalue weighted by Crippen LogP contribution is 2.38. The van der Waals surface area contributed by atoms with E-state index in [1.807, 2.05) is 64.7 Å². The topological polar surface area (TPSA) is 80.5 Å². The number of pyridine rings is 1. The summed E-state index contributed by atoms with van der Waals surface area (Å²) >= 11 is 4.83. The predicted molar refractivity (Wildman–Crippen MR) is 149 cm³/mol. The lowest BCUT2D eigenvalue weighted by molar-refractivity contribution is 0.0186. The molecule has 1 saturated heterocycles. The van der Waals surface area contributed by atoms with Crippen molar-refractivity contribution in [2.24, 2.45) is 0 Å². The summed E-state index contributed by atoms with van der Waals surface area (Å²) in [4.78, 5) is 18.7. The first-order valence-corrected chi connectivity index (χ1v) is 14.3. The second kappa shape index (κ2) is 13.1. The van der Waals surface area contributed by atoms with Gasteiger partial charge in [-0.15, -0.1) is 11.8 Å². The number of hydrogen-bond donors (Lipinski definition) is 1. The van der Waals surface area contributed by atoms with Gasteiger partial charge in [0, 0.05) is 25.1 Å². The fourth-order valence-electron chi connectivity index (χ4n) is 4.03. The van der Waals surface area contributed by atoms with E-state index in [9.17, 15) is 4.79 Å². The standard InChI is InChI=1S/C22H26BrFN4O2S.C2H6O.C2H6/c1-12-10-14-18(17(24)16(12)23)26-20(31-5)15-11-25-28(19(14)15)13-6-8-27(9-7-13)21(29)30-22(2,3)4;1-2-3;1-2/h10-11,13H,6-9H2,1-5H3;3H,2H2,1H3;1-2H3. The third-order valence-electron chi connectivity index (χ3n) is 5.51. The number of hydrogen-bond acceptors (Lipinski definition) is 6. The summed E-state index contributed by atoms with van der Waals surface area (Å²) in [5.41, 5.74) is 1.56. The van der Waals surface area contributed by atoms with Crippen molar-refractivity contribution in [1.82, 2.24) is 19.7 Å². The second-order valence-corrected chi connectivity index (χ2v) is 10.8. The van der Waals surface area contributed by atoms with Crippen LogP contribution in [-0.2, 0) is 4.74 Å². The molecule has 0 unspecified atom stereocenters. The molecule has 0 aliphatic carbocycles. The number of ether oxygens (including phenoxy) is 1. The number of carbonyl (C=O) groups excluding carboxylic acids is 1. The summed E-state index contributed by atoms with van der Waals surface area (Å²) in [6, 6.07) is 2.08. The SMILES string of the molecule is CC.CCO.CSc1nc2c(F)c(Br)c(C)cc2c2c1cnn2C1CCN(C(=O)OC(C)(C)C)CC1. The van der Waals surface area contributed by atoms with Crippen LogP contribution in [0.4, 0.5) is 9.18 Å². The molecule has 7 nitrogen and oxygen atoms in total.